The lowest BCUT2D eigenvalue weighted by atomic mass is 10.0. The van der Waals surface area contributed by atoms with Gasteiger partial charge in [-0.15, -0.1) is 0 Å². The molecule has 0 aromatic carbocycles. The van der Waals surface area contributed by atoms with E-state index in [1.54, 1.807) is 17.0 Å². The summed E-state index contributed by atoms with van der Waals surface area (Å²) >= 11 is 0. The fourth-order valence-corrected chi connectivity index (χ4v) is 2.00. The van der Waals surface area contributed by atoms with Crippen LogP contribution in [0.4, 0.5) is 5.82 Å². The van der Waals surface area contributed by atoms with Gasteiger partial charge in [0.2, 0.25) is 0 Å². The number of rotatable bonds is 2. The largest absolute Gasteiger partial charge is 0.396 e. The summed E-state index contributed by atoms with van der Waals surface area (Å²) in [6.07, 6.45) is 3.38. The maximum absolute atomic E-state index is 12.2. The van der Waals surface area contributed by atoms with Crippen LogP contribution in [0.15, 0.2) is 17.2 Å². The van der Waals surface area contributed by atoms with Crippen molar-refractivity contribution in [3.8, 4) is 0 Å². The van der Waals surface area contributed by atoms with Crippen LogP contribution in [0.5, 0.6) is 0 Å². The zero-order chi connectivity index (χ0) is 12.6. The molecule has 1 aromatic heterocycles. The number of aliphatic hydroxyl groups is 1. The van der Waals surface area contributed by atoms with Crippen LogP contribution >= 0.6 is 0 Å². The van der Waals surface area contributed by atoms with Crippen molar-refractivity contribution < 1.29 is 5.11 Å². The van der Waals surface area contributed by atoms with Crippen LogP contribution in [0.2, 0.25) is 0 Å². The van der Waals surface area contributed by atoms with Crippen molar-refractivity contribution in [3.05, 3.63) is 22.7 Å². The Labute approximate surface area is 101 Å². The topological polar surface area (TPSA) is 58.4 Å². The molecule has 17 heavy (non-hydrogen) atoms. The number of hydrogen-bond donors (Lipinski definition) is 1. The van der Waals surface area contributed by atoms with E-state index in [1.165, 1.54) is 0 Å². The Morgan fingerprint density at radius 2 is 2.12 bits per heavy atom. The molecule has 1 fully saturated rings. The van der Waals surface area contributed by atoms with E-state index in [0.29, 0.717) is 18.9 Å². The van der Waals surface area contributed by atoms with Crippen LogP contribution in [0.1, 0.15) is 20.8 Å². The number of aliphatic hydroxyl groups excluding tert-OH is 1. The molecule has 0 bridgehead atoms. The molecule has 0 unspecified atom stereocenters. The van der Waals surface area contributed by atoms with Gasteiger partial charge in [-0.1, -0.05) is 0 Å². The zero-order valence-corrected chi connectivity index (χ0v) is 10.6. The minimum atomic E-state index is -0.240. The minimum absolute atomic E-state index is 0.0589. The number of aromatic nitrogens is 2. The number of nitrogens with zero attached hydrogens (tertiary/aromatic N) is 3. The summed E-state index contributed by atoms with van der Waals surface area (Å²) < 4.78 is 1.70. The highest BCUT2D eigenvalue weighted by atomic mass is 16.3. The summed E-state index contributed by atoms with van der Waals surface area (Å²) in [7, 11) is 0. The second-order valence-electron chi connectivity index (χ2n) is 5.55. The van der Waals surface area contributed by atoms with E-state index in [2.05, 4.69) is 4.98 Å². The van der Waals surface area contributed by atoms with Gasteiger partial charge in [0.05, 0.1) is 0 Å². The van der Waals surface area contributed by atoms with Crippen molar-refractivity contribution in [1.29, 1.82) is 0 Å². The molecule has 1 aliphatic heterocycles. The van der Waals surface area contributed by atoms with E-state index in [4.69, 9.17) is 5.11 Å². The molecule has 1 aliphatic rings. The Hall–Kier alpha value is -1.36. The summed E-state index contributed by atoms with van der Waals surface area (Å²) in [6, 6.07) is 0. The van der Waals surface area contributed by atoms with Gasteiger partial charge in [0.15, 0.2) is 5.82 Å². The Bertz CT molecular complexity index is 456. The SMILES string of the molecule is CC(C)(C)n1ccnc(N2CC(CO)C2)c1=O. The van der Waals surface area contributed by atoms with Crippen LogP contribution in [-0.4, -0.2) is 34.4 Å². The average Bonchev–Trinajstić information content (AvgIpc) is 2.17. The first-order valence-corrected chi connectivity index (χ1v) is 5.87. The predicted octanol–water partition coefficient (Wildman–Crippen LogP) is 0.427. The summed E-state index contributed by atoms with van der Waals surface area (Å²) in [5.74, 6) is 0.770. The Kier molecular flexibility index (Phi) is 2.95. The van der Waals surface area contributed by atoms with Crippen LogP contribution in [-0.2, 0) is 5.54 Å². The van der Waals surface area contributed by atoms with Gasteiger partial charge in [0.1, 0.15) is 0 Å². The third kappa shape index (κ3) is 2.20. The molecule has 1 N–H and O–H groups in total. The molecule has 1 saturated heterocycles. The highest BCUT2D eigenvalue weighted by molar-refractivity contribution is 5.39. The Morgan fingerprint density at radius 3 is 2.65 bits per heavy atom. The Morgan fingerprint density at radius 1 is 1.47 bits per heavy atom. The van der Waals surface area contributed by atoms with Crippen LogP contribution < -0.4 is 10.5 Å². The van der Waals surface area contributed by atoms with Crippen molar-refractivity contribution in [1.82, 2.24) is 9.55 Å². The molecular weight excluding hydrogens is 218 g/mol. The van der Waals surface area contributed by atoms with Crippen molar-refractivity contribution in [2.24, 2.45) is 5.92 Å². The lowest BCUT2D eigenvalue weighted by Gasteiger charge is -2.39. The van der Waals surface area contributed by atoms with Gasteiger partial charge in [-0.05, 0) is 20.8 Å². The van der Waals surface area contributed by atoms with Crippen LogP contribution in [0, 0.1) is 5.92 Å². The monoisotopic (exact) mass is 237 g/mol. The molecule has 0 amide bonds. The molecule has 0 saturated carbocycles. The molecule has 5 heteroatoms. The number of anilines is 1. The summed E-state index contributed by atoms with van der Waals surface area (Å²) in [5, 5.41) is 8.97. The molecule has 0 radical (unpaired) electrons. The first-order chi connectivity index (χ1) is 7.93. The highest BCUT2D eigenvalue weighted by Gasteiger charge is 2.30. The first kappa shape index (κ1) is 12.1. The van der Waals surface area contributed by atoms with E-state index in [0.717, 1.165) is 0 Å². The number of hydrogen-bond acceptors (Lipinski definition) is 4. The normalized spacial score (nSPS) is 17.1. The second-order valence-corrected chi connectivity index (χ2v) is 5.55. The average molecular weight is 237 g/mol. The fourth-order valence-electron chi connectivity index (χ4n) is 2.00. The third-order valence-corrected chi connectivity index (χ3v) is 3.06. The van der Waals surface area contributed by atoms with E-state index in [9.17, 15) is 4.79 Å². The highest BCUT2D eigenvalue weighted by Crippen LogP contribution is 2.20. The minimum Gasteiger partial charge on any atom is -0.396 e. The van der Waals surface area contributed by atoms with Gasteiger partial charge in [-0.25, -0.2) is 4.98 Å². The van der Waals surface area contributed by atoms with Crippen molar-refractivity contribution >= 4 is 5.82 Å². The molecular formula is C12H19N3O2. The van der Waals surface area contributed by atoms with Gasteiger partial charge in [0, 0.05) is 43.5 Å². The predicted molar refractivity (Wildman–Crippen MR) is 66.3 cm³/mol. The smallest absolute Gasteiger partial charge is 0.293 e. The van der Waals surface area contributed by atoms with E-state index >= 15 is 0 Å². The van der Waals surface area contributed by atoms with Gasteiger partial charge in [-0.2, -0.15) is 0 Å². The third-order valence-electron chi connectivity index (χ3n) is 3.06. The van der Waals surface area contributed by atoms with Gasteiger partial charge >= 0.3 is 0 Å². The summed E-state index contributed by atoms with van der Waals surface area (Å²) in [6.45, 7) is 7.58. The van der Waals surface area contributed by atoms with Gasteiger partial charge < -0.3 is 14.6 Å². The maximum Gasteiger partial charge on any atom is 0.293 e. The summed E-state index contributed by atoms with van der Waals surface area (Å²) in [5.41, 5.74) is -0.299. The lowest BCUT2D eigenvalue weighted by molar-refractivity contribution is 0.199. The van der Waals surface area contributed by atoms with E-state index in [-0.39, 0.29) is 23.6 Å². The first-order valence-electron chi connectivity index (χ1n) is 5.87. The van der Waals surface area contributed by atoms with Gasteiger partial charge in [0.25, 0.3) is 5.56 Å². The molecule has 5 nitrogen and oxygen atoms in total. The van der Waals surface area contributed by atoms with E-state index in [1.807, 2.05) is 25.7 Å². The van der Waals surface area contributed by atoms with Crippen LogP contribution in [0.25, 0.3) is 0 Å². The van der Waals surface area contributed by atoms with Crippen molar-refractivity contribution in [3.63, 3.8) is 0 Å². The fraction of sp³-hybridized carbons (Fsp3) is 0.667. The molecule has 94 valence electrons. The molecule has 0 spiro atoms. The van der Waals surface area contributed by atoms with Crippen LogP contribution in [0.3, 0.4) is 0 Å². The second kappa shape index (κ2) is 4.14. The molecule has 2 rings (SSSR count). The quantitative estimate of drug-likeness (QED) is 0.810. The lowest BCUT2D eigenvalue weighted by Crippen LogP contribution is -2.52. The Balaban J connectivity index is 2.29. The molecule has 0 aliphatic carbocycles. The molecule has 1 aromatic rings. The van der Waals surface area contributed by atoms with E-state index < -0.39 is 0 Å². The molecule has 0 atom stereocenters. The van der Waals surface area contributed by atoms with Crippen molar-refractivity contribution in [2.75, 3.05) is 24.6 Å². The molecule has 2 heterocycles. The standard InChI is InChI=1S/C12H19N3O2/c1-12(2,3)15-5-4-13-10(11(15)17)14-6-9(7-14)8-16/h4-5,9,16H,6-8H2,1-3H3. The zero-order valence-electron chi connectivity index (χ0n) is 10.6. The maximum atomic E-state index is 12.2. The van der Waals surface area contributed by atoms with Crippen molar-refractivity contribution in [2.45, 2.75) is 26.3 Å². The van der Waals surface area contributed by atoms with Gasteiger partial charge in [-0.3, -0.25) is 4.79 Å². The summed E-state index contributed by atoms with van der Waals surface area (Å²) in [4.78, 5) is 18.3.